The monoisotopic (exact) mass is 623 g/mol. The third-order valence-electron chi connectivity index (χ3n) is 8.94. The zero-order valence-corrected chi connectivity index (χ0v) is 25.9. The standard InChI is InChI=1S/C32H42ClN7O4/c33-27-20-24(5-6-28(27)44-25-8-12-40(13-9-25)32(42)22-3-1-2-4-22)38-30-26-19-23(7-10-34-29(26)36-21-37-30)31(41)35-11-14-39-15-17-43-18-16-39/h5-6,19-22,25H,1-4,7-18H2,(H,35,41)(H2,34,36,37,38). The van der Waals surface area contributed by atoms with Gasteiger partial charge in [-0.05, 0) is 43.5 Å². The summed E-state index contributed by atoms with van der Waals surface area (Å²) in [6.45, 7) is 6.68. The second-order valence-electron chi connectivity index (χ2n) is 11.9. The van der Waals surface area contributed by atoms with Gasteiger partial charge in [-0.1, -0.05) is 24.4 Å². The molecule has 12 heteroatoms. The first kappa shape index (κ1) is 30.6. The van der Waals surface area contributed by atoms with E-state index >= 15 is 0 Å². The van der Waals surface area contributed by atoms with E-state index in [0.29, 0.717) is 53.4 Å². The highest BCUT2D eigenvalue weighted by Crippen LogP contribution is 2.34. The summed E-state index contributed by atoms with van der Waals surface area (Å²) >= 11 is 6.67. The molecule has 1 aliphatic carbocycles. The van der Waals surface area contributed by atoms with E-state index in [1.807, 2.05) is 29.2 Å². The van der Waals surface area contributed by atoms with Gasteiger partial charge in [-0.25, -0.2) is 9.97 Å². The van der Waals surface area contributed by atoms with Crippen molar-refractivity contribution < 1.29 is 19.1 Å². The zero-order chi connectivity index (χ0) is 30.3. The SMILES string of the molecule is O=C(NCCN1CCOCC1)C1=Cc2c(ncnc2Nc2ccc(OC3CCN(C(=O)C4CCCC4)CC3)c(Cl)c2)NCC1. The van der Waals surface area contributed by atoms with Crippen molar-refractivity contribution >= 4 is 46.8 Å². The number of morpholine rings is 1. The molecule has 11 nitrogen and oxygen atoms in total. The van der Waals surface area contributed by atoms with Gasteiger partial charge in [0.15, 0.2) is 0 Å². The third-order valence-corrected chi connectivity index (χ3v) is 9.24. The van der Waals surface area contributed by atoms with Crippen LogP contribution >= 0.6 is 11.6 Å². The summed E-state index contributed by atoms with van der Waals surface area (Å²) in [6, 6.07) is 5.58. The van der Waals surface area contributed by atoms with Crippen LogP contribution in [-0.4, -0.2) is 96.7 Å². The topological polar surface area (TPSA) is 121 Å². The van der Waals surface area contributed by atoms with Gasteiger partial charge in [0.25, 0.3) is 0 Å². The smallest absolute Gasteiger partial charge is 0.247 e. The lowest BCUT2D eigenvalue weighted by atomic mass is 10.0. The number of carbonyl (C=O) groups excluding carboxylic acids is 2. The van der Waals surface area contributed by atoms with Crippen molar-refractivity contribution in [3.63, 3.8) is 0 Å². The molecule has 1 aromatic carbocycles. The van der Waals surface area contributed by atoms with Gasteiger partial charge in [-0.2, -0.15) is 0 Å². The minimum Gasteiger partial charge on any atom is -0.489 e. The molecule has 0 unspecified atom stereocenters. The van der Waals surface area contributed by atoms with E-state index in [0.717, 1.165) is 82.9 Å². The molecule has 0 radical (unpaired) electrons. The summed E-state index contributed by atoms with van der Waals surface area (Å²) in [4.78, 5) is 39.0. The summed E-state index contributed by atoms with van der Waals surface area (Å²) in [6.07, 6.45) is 9.94. The van der Waals surface area contributed by atoms with Crippen LogP contribution < -0.4 is 20.7 Å². The number of anilines is 3. The predicted octanol–water partition coefficient (Wildman–Crippen LogP) is 4.08. The number of benzene rings is 1. The van der Waals surface area contributed by atoms with Crippen molar-refractivity contribution in [2.45, 2.75) is 51.0 Å². The van der Waals surface area contributed by atoms with Crippen LogP contribution in [0.3, 0.4) is 0 Å². The number of piperidine rings is 1. The van der Waals surface area contributed by atoms with Crippen LogP contribution in [0.4, 0.5) is 17.3 Å². The number of nitrogens with one attached hydrogen (secondary N) is 3. The first-order valence-electron chi connectivity index (χ1n) is 15.9. The van der Waals surface area contributed by atoms with E-state index in [-0.39, 0.29) is 17.9 Å². The molecule has 3 aliphatic heterocycles. The van der Waals surface area contributed by atoms with E-state index in [1.165, 1.54) is 19.2 Å². The Hall–Kier alpha value is -3.41. The van der Waals surface area contributed by atoms with Crippen LogP contribution in [0.2, 0.25) is 5.02 Å². The van der Waals surface area contributed by atoms with E-state index in [4.69, 9.17) is 21.1 Å². The van der Waals surface area contributed by atoms with Gasteiger partial charge >= 0.3 is 0 Å². The molecule has 3 N–H and O–H groups in total. The zero-order valence-electron chi connectivity index (χ0n) is 25.2. The summed E-state index contributed by atoms with van der Waals surface area (Å²) in [5, 5.41) is 10.2. The summed E-state index contributed by atoms with van der Waals surface area (Å²) in [7, 11) is 0. The Bertz CT molecular complexity index is 1350. The first-order valence-corrected chi connectivity index (χ1v) is 16.3. The molecular weight excluding hydrogens is 582 g/mol. The van der Waals surface area contributed by atoms with Gasteiger partial charge in [-0.15, -0.1) is 0 Å². The molecule has 0 atom stereocenters. The van der Waals surface area contributed by atoms with Crippen molar-refractivity contribution in [2.24, 2.45) is 5.92 Å². The highest BCUT2D eigenvalue weighted by Gasteiger charge is 2.30. The maximum absolute atomic E-state index is 13.1. The molecule has 1 aromatic heterocycles. The average molecular weight is 624 g/mol. The maximum atomic E-state index is 13.1. The number of hydrogen-bond acceptors (Lipinski definition) is 9. The fourth-order valence-corrected chi connectivity index (χ4v) is 6.62. The van der Waals surface area contributed by atoms with Gasteiger partial charge in [0, 0.05) is 75.8 Å². The van der Waals surface area contributed by atoms with E-state index in [2.05, 4.69) is 30.8 Å². The van der Waals surface area contributed by atoms with Crippen LogP contribution in [0.1, 0.15) is 50.5 Å². The molecule has 2 saturated heterocycles. The largest absolute Gasteiger partial charge is 0.489 e. The molecule has 0 bridgehead atoms. The van der Waals surface area contributed by atoms with E-state index < -0.39 is 0 Å². The molecule has 236 valence electrons. The molecule has 2 amide bonds. The molecule has 6 rings (SSSR count). The molecule has 2 aromatic rings. The number of carbonyl (C=O) groups is 2. The van der Waals surface area contributed by atoms with Gasteiger partial charge in [0.2, 0.25) is 11.8 Å². The average Bonchev–Trinajstić information content (AvgIpc) is 3.49. The second-order valence-corrected chi connectivity index (χ2v) is 12.3. The Balaban J connectivity index is 1.06. The number of rotatable bonds is 9. The molecular formula is C32H42ClN7O4. The van der Waals surface area contributed by atoms with Crippen LogP contribution in [-0.2, 0) is 14.3 Å². The van der Waals surface area contributed by atoms with Gasteiger partial charge in [0.05, 0.1) is 23.8 Å². The lowest BCUT2D eigenvalue weighted by molar-refractivity contribution is -0.137. The van der Waals surface area contributed by atoms with E-state index in [1.54, 1.807) is 0 Å². The number of halogens is 1. The molecule has 4 heterocycles. The number of hydrogen-bond donors (Lipinski definition) is 3. The number of ether oxygens (including phenoxy) is 2. The quantitative estimate of drug-likeness (QED) is 0.379. The number of aromatic nitrogens is 2. The minimum atomic E-state index is -0.0824. The van der Waals surface area contributed by atoms with Crippen LogP contribution in [0.5, 0.6) is 5.75 Å². The van der Waals surface area contributed by atoms with Crippen LogP contribution in [0, 0.1) is 5.92 Å². The summed E-state index contributed by atoms with van der Waals surface area (Å²) in [5.74, 6) is 2.32. The Morgan fingerprint density at radius 1 is 1.07 bits per heavy atom. The Morgan fingerprint density at radius 3 is 2.64 bits per heavy atom. The molecule has 4 aliphatic rings. The molecule has 0 spiro atoms. The highest BCUT2D eigenvalue weighted by molar-refractivity contribution is 6.32. The number of likely N-dealkylation sites (tertiary alicyclic amines) is 1. The second kappa shape index (κ2) is 14.6. The normalized spacial score (nSPS) is 19.8. The Kier molecular flexibility index (Phi) is 10.1. The molecule has 1 saturated carbocycles. The van der Waals surface area contributed by atoms with Crippen LogP contribution in [0.15, 0.2) is 30.1 Å². The van der Waals surface area contributed by atoms with Crippen LogP contribution in [0.25, 0.3) is 6.08 Å². The number of nitrogens with zero attached hydrogens (tertiary/aromatic N) is 4. The van der Waals surface area contributed by atoms with Gasteiger partial charge in [0.1, 0.15) is 29.8 Å². The first-order chi connectivity index (χ1) is 21.5. The van der Waals surface area contributed by atoms with Crippen molar-refractivity contribution in [1.82, 2.24) is 25.1 Å². The van der Waals surface area contributed by atoms with Crippen molar-refractivity contribution in [3.05, 3.63) is 40.7 Å². The fraction of sp³-hybridized carbons (Fsp3) is 0.562. The lowest BCUT2D eigenvalue weighted by Gasteiger charge is -2.33. The summed E-state index contributed by atoms with van der Waals surface area (Å²) < 4.78 is 11.7. The Labute approximate surface area is 263 Å². The maximum Gasteiger partial charge on any atom is 0.247 e. The minimum absolute atomic E-state index is 0.0196. The van der Waals surface area contributed by atoms with Crippen molar-refractivity contribution in [3.8, 4) is 5.75 Å². The van der Waals surface area contributed by atoms with Gasteiger partial charge in [-0.3, -0.25) is 14.5 Å². The molecule has 44 heavy (non-hydrogen) atoms. The third kappa shape index (κ3) is 7.62. The molecule has 3 fully saturated rings. The fourth-order valence-electron chi connectivity index (χ4n) is 6.40. The van der Waals surface area contributed by atoms with Gasteiger partial charge < -0.3 is 30.3 Å². The van der Waals surface area contributed by atoms with Crippen molar-refractivity contribution in [1.29, 1.82) is 0 Å². The summed E-state index contributed by atoms with van der Waals surface area (Å²) in [5.41, 5.74) is 2.14. The highest BCUT2D eigenvalue weighted by atomic mass is 35.5. The predicted molar refractivity (Wildman–Crippen MR) is 170 cm³/mol. The van der Waals surface area contributed by atoms with E-state index in [9.17, 15) is 9.59 Å². The lowest BCUT2D eigenvalue weighted by Crippen LogP contribution is -2.44. The Morgan fingerprint density at radius 2 is 1.86 bits per heavy atom. The number of fused-ring (bicyclic) bond motifs is 1. The van der Waals surface area contributed by atoms with Crippen molar-refractivity contribution in [2.75, 3.05) is 69.7 Å². The number of amides is 2.